The lowest BCUT2D eigenvalue weighted by atomic mass is 10.2. The lowest BCUT2D eigenvalue weighted by Gasteiger charge is -2.11. The lowest BCUT2D eigenvalue weighted by Crippen LogP contribution is -2.29. The van der Waals surface area contributed by atoms with E-state index in [0.29, 0.717) is 0 Å². The van der Waals surface area contributed by atoms with E-state index < -0.39 is 39.7 Å². The van der Waals surface area contributed by atoms with Gasteiger partial charge in [0.1, 0.15) is 12.2 Å². The number of benzene rings is 1. The van der Waals surface area contributed by atoms with Gasteiger partial charge in [-0.1, -0.05) is 0 Å². The molecule has 2 rings (SSSR count). The van der Waals surface area contributed by atoms with Crippen molar-refractivity contribution in [1.82, 2.24) is 4.57 Å². The number of hydrogen-bond acceptors (Lipinski definition) is 5. The van der Waals surface area contributed by atoms with Crippen LogP contribution in [0.2, 0.25) is 0 Å². The predicted molar refractivity (Wildman–Crippen MR) is 84.1 cm³/mol. The summed E-state index contributed by atoms with van der Waals surface area (Å²) in [5.41, 5.74) is -5.80. The van der Waals surface area contributed by atoms with E-state index in [2.05, 4.69) is 0 Å². The number of ether oxygens (including phenoxy) is 1. The van der Waals surface area contributed by atoms with E-state index in [4.69, 9.17) is 9.84 Å². The van der Waals surface area contributed by atoms with Crippen molar-refractivity contribution in [2.45, 2.75) is 19.0 Å². The Bertz CT molecular complexity index is 965. The van der Waals surface area contributed by atoms with Gasteiger partial charge in [-0.2, -0.15) is 21.6 Å². The largest absolute Gasteiger partial charge is 0.516 e. The molecular weight excluding hydrogens is 381 g/mol. The van der Waals surface area contributed by atoms with Crippen molar-refractivity contribution in [3.8, 4) is 0 Å². The third-order valence-electron chi connectivity index (χ3n) is 3.24. The van der Waals surface area contributed by atoms with Crippen molar-refractivity contribution in [2.24, 2.45) is 0 Å². The van der Waals surface area contributed by atoms with Gasteiger partial charge in [-0.25, -0.2) is 4.79 Å². The maximum absolute atomic E-state index is 12.5. The molecule has 0 saturated heterocycles. The van der Waals surface area contributed by atoms with E-state index in [-0.39, 0.29) is 23.2 Å². The number of carboxylic acids is 1. The maximum atomic E-state index is 12.5. The Hall–Kier alpha value is -2.76. The normalized spacial score (nSPS) is 12.2. The van der Waals surface area contributed by atoms with Crippen LogP contribution in [0.1, 0.15) is 17.4 Å². The molecule has 0 unspecified atom stereocenters. The molecule has 0 fully saturated rings. The second-order valence-corrected chi connectivity index (χ2v) is 6.73. The summed E-state index contributed by atoms with van der Waals surface area (Å²) in [5, 5.41) is 9.15. The molecule has 2 aromatic rings. The number of carboxylic acid groups (broad SMARTS) is 1. The van der Waals surface area contributed by atoms with Crippen LogP contribution in [0.4, 0.5) is 18.9 Å². The Labute approximate surface area is 145 Å². The van der Waals surface area contributed by atoms with Crippen LogP contribution >= 0.6 is 0 Å². The highest BCUT2D eigenvalue weighted by Crippen LogP contribution is 2.28. The molecule has 142 valence electrons. The summed E-state index contributed by atoms with van der Waals surface area (Å²) in [4.78, 5) is 23.0. The third kappa shape index (κ3) is 3.90. The summed E-state index contributed by atoms with van der Waals surface area (Å²) in [5.74, 6) is -2.07. The van der Waals surface area contributed by atoms with Gasteiger partial charge in [0, 0.05) is 16.6 Å². The number of anilines is 1. The van der Waals surface area contributed by atoms with E-state index >= 15 is 0 Å². The van der Waals surface area contributed by atoms with Gasteiger partial charge in [0.2, 0.25) is 0 Å². The first-order valence-electron chi connectivity index (χ1n) is 7.07. The van der Waals surface area contributed by atoms with Gasteiger partial charge >= 0.3 is 27.5 Å². The van der Waals surface area contributed by atoms with Gasteiger partial charge in [-0.3, -0.25) is 9.52 Å². The fourth-order valence-corrected chi connectivity index (χ4v) is 2.78. The Kier molecular flexibility index (Phi) is 5.16. The molecule has 0 aliphatic carbocycles. The second kappa shape index (κ2) is 6.86. The number of halogens is 3. The molecule has 0 amide bonds. The number of carbonyl (C=O) groups is 2. The molecule has 1 aromatic carbocycles. The van der Waals surface area contributed by atoms with Gasteiger partial charge in [-0.05, 0) is 31.2 Å². The molecule has 0 aliphatic heterocycles. The minimum Gasteiger partial charge on any atom is -0.480 e. The predicted octanol–water partition coefficient (Wildman–Crippen LogP) is 2.16. The highest BCUT2D eigenvalue weighted by atomic mass is 32.2. The highest BCUT2D eigenvalue weighted by molar-refractivity contribution is 7.93. The minimum atomic E-state index is -5.61. The molecule has 8 nitrogen and oxygen atoms in total. The second-order valence-electron chi connectivity index (χ2n) is 5.05. The number of fused-ring (bicyclic) bond motifs is 1. The molecule has 0 radical (unpaired) electrons. The molecule has 2 N–H and O–H groups in total. The van der Waals surface area contributed by atoms with Gasteiger partial charge < -0.3 is 14.4 Å². The molecule has 0 bridgehead atoms. The zero-order valence-electron chi connectivity index (χ0n) is 13.2. The van der Waals surface area contributed by atoms with Crippen LogP contribution in [0.5, 0.6) is 0 Å². The van der Waals surface area contributed by atoms with Crippen molar-refractivity contribution >= 4 is 38.6 Å². The van der Waals surface area contributed by atoms with Crippen molar-refractivity contribution in [3.63, 3.8) is 0 Å². The van der Waals surface area contributed by atoms with Gasteiger partial charge in [-0.15, -0.1) is 0 Å². The molecule has 1 aromatic heterocycles. The van der Waals surface area contributed by atoms with Crippen LogP contribution in [-0.4, -0.2) is 42.1 Å². The quantitative estimate of drug-likeness (QED) is 0.726. The number of hydrogen-bond donors (Lipinski definition) is 2. The number of rotatable bonds is 6. The number of nitrogens with one attached hydrogen (secondary N) is 1. The molecule has 26 heavy (non-hydrogen) atoms. The van der Waals surface area contributed by atoms with Crippen LogP contribution in [-0.2, 0) is 26.1 Å². The van der Waals surface area contributed by atoms with Crippen molar-refractivity contribution < 1.29 is 41.0 Å². The van der Waals surface area contributed by atoms with Crippen LogP contribution in [0.15, 0.2) is 24.3 Å². The molecule has 12 heteroatoms. The Balaban J connectivity index is 2.53. The first-order chi connectivity index (χ1) is 12.0. The van der Waals surface area contributed by atoms with Gasteiger partial charge in [0.25, 0.3) is 0 Å². The zero-order valence-corrected chi connectivity index (χ0v) is 14.0. The van der Waals surface area contributed by atoms with E-state index in [9.17, 15) is 31.2 Å². The molecular formula is C14H13F3N2O6S. The Morgan fingerprint density at radius 3 is 2.46 bits per heavy atom. The van der Waals surface area contributed by atoms with Crippen LogP contribution in [0, 0.1) is 0 Å². The van der Waals surface area contributed by atoms with E-state index in [1.807, 2.05) is 0 Å². The molecule has 0 atom stereocenters. The van der Waals surface area contributed by atoms with Crippen LogP contribution < -0.4 is 4.72 Å². The zero-order chi connectivity index (χ0) is 19.7. The standard InChI is InChI=1S/C14H13F3N2O6S/c1-2-25-13(22)11-6-8-5-9(18-26(23,24)14(15,16)17)3-4-10(8)19(11)7-12(20)21/h3-6,18H,2,7H2,1H3,(H,20,21). The molecule has 0 spiro atoms. The summed E-state index contributed by atoms with van der Waals surface area (Å²) < 4.78 is 67.0. The van der Waals surface area contributed by atoms with Crippen LogP contribution in [0.25, 0.3) is 10.9 Å². The van der Waals surface area contributed by atoms with Crippen molar-refractivity contribution in [3.05, 3.63) is 30.0 Å². The number of sulfonamides is 1. The molecule has 0 saturated carbocycles. The number of aromatic nitrogens is 1. The molecule has 1 heterocycles. The molecule has 0 aliphatic rings. The minimum absolute atomic E-state index is 0.0318. The van der Waals surface area contributed by atoms with Crippen LogP contribution in [0.3, 0.4) is 0 Å². The summed E-state index contributed by atoms with van der Waals surface area (Å²) in [6, 6.07) is 4.50. The Morgan fingerprint density at radius 1 is 1.27 bits per heavy atom. The summed E-state index contributed by atoms with van der Waals surface area (Å²) in [7, 11) is -5.61. The number of carbonyl (C=O) groups excluding carboxylic acids is 1. The SMILES string of the molecule is CCOC(=O)c1cc2cc(NS(=O)(=O)C(F)(F)F)ccc2n1CC(=O)O. The summed E-state index contributed by atoms with van der Waals surface area (Å²) in [6.45, 7) is 0.988. The number of esters is 1. The average molecular weight is 394 g/mol. The first-order valence-corrected chi connectivity index (χ1v) is 8.56. The smallest absolute Gasteiger partial charge is 0.480 e. The lowest BCUT2D eigenvalue weighted by molar-refractivity contribution is -0.137. The topological polar surface area (TPSA) is 115 Å². The average Bonchev–Trinajstić information content (AvgIpc) is 2.83. The number of aliphatic carboxylic acids is 1. The highest BCUT2D eigenvalue weighted by Gasteiger charge is 2.46. The number of nitrogens with zero attached hydrogens (tertiary/aromatic N) is 1. The van der Waals surface area contributed by atoms with Gasteiger partial charge in [0.15, 0.2) is 0 Å². The monoisotopic (exact) mass is 394 g/mol. The van der Waals surface area contributed by atoms with Crippen molar-refractivity contribution in [2.75, 3.05) is 11.3 Å². The maximum Gasteiger partial charge on any atom is 0.516 e. The first kappa shape index (κ1) is 19.6. The number of alkyl halides is 3. The van der Waals surface area contributed by atoms with Crippen molar-refractivity contribution in [1.29, 1.82) is 0 Å². The van der Waals surface area contributed by atoms with E-state index in [1.165, 1.54) is 16.9 Å². The summed E-state index contributed by atoms with van der Waals surface area (Å²) in [6.07, 6.45) is 0. The third-order valence-corrected chi connectivity index (χ3v) is 4.35. The fourth-order valence-electron chi connectivity index (χ4n) is 2.23. The Morgan fingerprint density at radius 2 is 1.92 bits per heavy atom. The van der Waals surface area contributed by atoms with E-state index in [0.717, 1.165) is 16.7 Å². The van der Waals surface area contributed by atoms with E-state index in [1.54, 1.807) is 6.92 Å². The fraction of sp³-hybridized carbons (Fsp3) is 0.286. The van der Waals surface area contributed by atoms with Gasteiger partial charge in [0.05, 0.1) is 6.61 Å². The summed E-state index contributed by atoms with van der Waals surface area (Å²) >= 11 is 0.